The van der Waals surface area contributed by atoms with Crippen LogP contribution in [-0.4, -0.2) is 35.3 Å². The number of carbonyl (C=O) groups is 1. The van der Waals surface area contributed by atoms with E-state index in [1.165, 1.54) is 11.0 Å². The van der Waals surface area contributed by atoms with E-state index in [-0.39, 0.29) is 5.75 Å². The number of hydrogen-bond donors (Lipinski definition) is 1. The Bertz CT molecular complexity index is 527. The van der Waals surface area contributed by atoms with Gasteiger partial charge >= 0.3 is 6.09 Å². The molecular weight excluding hydrogens is 256 g/mol. The highest BCUT2D eigenvalue weighted by Crippen LogP contribution is 2.16. The molecule has 0 radical (unpaired) electrons. The number of amides is 1. The first-order chi connectivity index (χ1) is 9.21. The van der Waals surface area contributed by atoms with Crippen LogP contribution in [0, 0.1) is 11.3 Å². The van der Waals surface area contributed by atoms with Gasteiger partial charge in [0.15, 0.2) is 0 Å². The summed E-state index contributed by atoms with van der Waals surface area (Å²) in [6, 6.07) is 6.67. The zero-order valence-electron chi connectivity index (χ0n) is 12.3. The Morgan fingerprint density at radius 1 is 1.40 bits per heavy atom. The number of phenols is 1. The normalized spacial score (nSPS) is 10.8. The van der Waals surface area contributed by atoms with Crippen LogP contribution in [0.2, 0.25) is 0 Å². The van der Waals surface area contributed by atoms with E-state index in [0.717, 1.165) is 5.56 Å². The molecule has 1 rings (SSSR count). The van der Waals surface area contributed by atoms with Crippen LogP contribution in [0.1, 0.15) is 31.9 Å². The highest BCUT2D eigenvalue weighted by molar-refractivity contribution is 5.67. The van der Waals surface area contributed by atoms with Gasteiger partial charge in [0, 0.05) is 13.6 Å². The molecule has 1 aromatic rings. The van der Waals surface area contributed by atoms with Crippen molar-refractivity contribution in [3.8, 4) is 11.8 Å². The number of carbonyl (C=O) groups excluding carboxylic acids is 1. The van der Waals surface area contributed by atoms with Crippen molar-refractivity contribution in [1.29, 1.82) is 5.26 Å². The summed E-state index contributed by atoms with van der Waals surface area (Å²) >= 11 is 0. The zero-order chi connectivity index (χ0) is 15.3. The number of hydrogen-bond acceptors (Lipinski definition) is 4. The van der Waals surface area contributed by atoms with Crippen molar-refractivity contribution in [1.82, 2.24) is 4.90 Å². The Labute approximate surface area is 119 Å². The number of nitrogens with zero attached hydrogens (tertiary/aromatic N) is 2. The van der Waals surface area contributed by atoms with Gasteiger partial charge in [-0.15, -0.1) is 0 Å². The van der Waals surface area contributed by atoms with Crippen molar-refractivity contribution < 1.29 is 14.6 Å². The van der Waals surface area contributed by atoms with Crippen LogP contribution >= 0.6 is 0 Å². The standard InChI is InChI=1S/C15H20N2O3/c1-15(2,3)20-14(19)17(4)6-5-11-7-12(10-16)9-13(18)8-11/h7-9,18H,5-6H2,1-4H3. The third-order valence-corrected chi connectivity index (χ3v) is 2.55. The van der Waals surface area contributed by atoms with Gasteiger partial charge in [-0.25, -0.2) is 4.79 Å². The summed E-state index contributed by atoms with van der Waals surface area (Å²) in [5.41, 5.74) is 0.682. The summed E-state index contributed by atoms with van der Waals surface area (Å²) in [5.74, 6) is 0.0546. The molecule has 0 unspecified atom stereocenters. The number of rotatable bonds is 3. The molecule has 0 saturated carbocycles. The average Bonchev–Trinajstić information content (AvgIpc) is 2.33. The molecule has 5 heteroatoms. The molecule has 1 amide bonds. The fraction of sp³-hybridized carbons (Fsp3) is 0.467. The van der Waals surface area contributed by atoms with Crippen LogP contribution in [0.5, 0.6) is 5.75 Å². The summed E-state index contributed by atoms with van der Waals surface area (Å²) < 4.78 is 5.24. The number of nitriles is 1. The Morgan fingerprint density at radius 3 is 2.60 bits per heavy atom. The van der Waals surface area contributed by atoms with Crippen LogP contribution in [0.25, 0.3) is 0 Å². The van der Waals surface area contributed by atoms with Crippen LogP contribution in [0.15, 0.2) is 18.2 Å². The second-order valence-corrected chi connectivity index (χ2v) is 5.65. The molecule has 0 aliphatic carbocycles. The number of ether oxygens (including phenoxy) is 1. The maximum Gasteiger partial charge on any atom is 0.410 e. The summed E-state index contributed by atoms with van der Waals surface area (Å²) in [7, 11) is 1.65. The third-order valence-electron chi connectivity index (χ3n) is 2.55. The number of aromatic hydroxyl groups is 1. The van der Waals surface area contributed by atoms with Crippen molar-refractivity contribution in [2.45, 2.75) is 32.8 Å². The fourth-order valence-corrected chi connectivity index (χ4v) is 1.61. The molecule has 0 heterocycles. The van der Waals surface area contributed by atoms with E-state index < -0.39 is 11.7 Å². The Hall–Kier alpha value is -2.22. The van der Waals surface area contributed by atoms with Gasteiger partial charge in [-0.3, -0.25) is 0 Å². The first-order valence-electron chi connectivity index (χ1n) is 6.38. The van der Waals surface area contributed by atoms with Crippen molar-refractivity contribution >= 4 is 6.09 Å². The Kier molecular flexibility index (Phi) is 4.98. The van der Waals surface area contributed by atoms with Gasteiger partial charge in [0.25, 0.3) is 0 Å². The molecule has 20 heavy (non-hydrogen) atoms. The maximum atomic E-state index is 11.8. The van der Waals surface area contributed by atoms with E-state index in [9.17, 15) is 9.90 Å². The molecule has 0 saturated heterocycles. The molecule has 0 aliphatic heterocycles. The minimum Gasteiger partial charge on any atom is -0.508 e. The lowest BCUT2D eigenvalue weighted by Crippen LogP contribution is -2.35. The first kappa shape index (κ1) is 15.8. The molecule has 1 aromatic carbocycles. The highest BCUT2D eigenvalue weighted by atomic mass is 16.6. The second-order valence-electron chi connectivity index (χ2n) is 5.65. The molecule has 0 aromatic heterocycles. The largest absolute Gasteiger partial charge is 0.508 e. The zero-order valence-corrected chi connectivity index (χ0v) is 12.3. The van der Waals surface area contributed by atoms with E-state index in [2.05, 4.69) is 0 Å². The number of likely N-dealkylation sites (N-methyl/N-ethyl adjacent to an activating group) is 1. The second kappa shape index (κ2) is 6.29. The van der Waals surface area contributed by atoms with Crippen LogP contribution in [0.3, 0.4) is 0 Å². The van der Waals surface area contributed by atoms with Crippen molar-refractivity contribution in [2.24, 2.45) is 0 Å². The van der Waals surface area contributed by atoms with Gasteiger partial charge in [-0.05, 0) is 51.0 Å². The van der Waals surface area contributed by atoms with E-state index in [4.69, 9.17) is 10.00 Å². The van der Waals surface area contributed by atoms with Crippen LogP contribution in [0.4, 0.5) is 4.79 Å². The highest BCUT2D eigenvalue weighted by Gasteiger charge is 2.19. The smallest absolute Gasteiger partial charge is 0.410 e. The monoisotopic (exact) mass is 276 g/mol. The van der Waals surface area contributed by atoms with Crippen molar-refractivity contribution in [2.75, 3.05) is 13.6 Å². The Balaban J connectivity index is 2.61. The van der Waals surface area contributed by atoms with E-state index in [0.29, 0.717) is 18.5 Å². The van der Waals surface area contributed by atoms with E-state index in [1.807, 2.05) is 26.8 Å². The lowest BCUT2D eigenvalue weighted by molar-refractivity contribution is 0.0301. The van der Waals surface area contributed by atoms with Gasteiger partial charge in [0.1, 0.15) is 11.4 Å². The molecular formula is C15H20N2O3. The summed E-state index contributed by atoms with van der Waals surface area (Å²) in [6.07, 6.45) is 0.150. The summed E-state index contributed by atoms with van der Waals surface area (Å²) in [5, 5.41) is 18.3. The average molecular weight is 276 g/mol. The van der Waals surface area contributed by atoms with E-state index in [1.54, 1.807) is 19.2 Å². The SMILES string of the molecule is CN(CCc1cc(O)cc(C#N)c1)C(=O)OC(C)(C)C. The van der Waals surface area contributed by atoms with Gasteiger partial charge in [-0.1, -0.05) is 0 Å². The first-order valence-corrected chi connectivity index (χ1v) is 6.38. The molecule has 5 nitrogen and oxygen atoms in total. The minimum atomic E-state index is -0.523. The predicted octanol–water partition coefficient (Wildman–Crippen LogP) is 2.67. The molecule has 108 valence electrons. The van der Waals surface area contributed by atoms with Gasteiger partial charge in [0.05, 0.1) is 11.6 Å². The quantitative estimate of drug-likeness (QED) is 0.921. The van der Waals surface area contributed by atoms with Crippen LogP contribution in [-0.2, 0) is 11.2 Å². The molecule has 0 fully saturated rings. The summed E-state index contributed by atoms with van der Waals surface area (Å²) in [4.78, 5) is 13.2. The van der Waals surface area contributed by atoms with Gasteiger partial charge in [-0.2, -0.15) is 5.26 Å². The fourth-order valence-electron chi connectivity index (χ4n) is 1.61. The topological polar surface area (TPSA) is 73.6 Å². The number of benzene rings is 1. The van der Waals surface area contributed by atoms with E-state index >= 15 is 0 Å². The lowest BCUT2D eigenvalue weighted by Gasteiger charge is -2.24. The van der Waals surface area contributed by atoms with Crippen molar-refractivity contribution in [3.63, 3.8) is 0 Å². The Morgan fingerprint density at radius 2 is 2.05 bits per heavy atom. The van der Waals surface area contributed by atoms with Crippen molar-refractivity contribution in [3.05, 3.63) is 29.3 Å². The van der Waals surface area contributed by atoms with Gasteiger partial charge < -0.3 is 14.7 Å². The minimum absolute atomic E-state index is 0.0546. The molecule has 0 bridgehead atoms. The van der Waals surface area contributed by atoms with Crippen LogP contribution < -0.4 is 0 Å². The molecule has 1 N–H and O–H groups in total. The third kappa shape index (κ3) is 5.19. The number of phenolic OH excluding ortho intramolecular Hbond substituents is 1. The summed E-state index contributed by atoms with van der Waals surface area (Å²) in [6.45, 7) is 5.89. The lowest BCUT2D eigenvalue weighted by atomic mass is 10.1. The molecule has 0 atom stereocenters. The van der Waals surface area contributed by atoms with Gasteiger partial charge in [0.2, 0.25) is 0 Å². The molecule has 0 aliphatic rings. The molecule has 0 spiro atoms. The maximum absolute atomic E-state index is 11.8. The predicted molar refractivity (Wildman–Crippen MR) is 75.4 cm³/mol.